The second-order valence-electron chi connectivity index (χ2n) is 7.16. The zero-order valence-electron chi connectivity index (χ0n) is 15.5. The molecule has 0 spiro atoms. The van der Waals surface area contributed by atoms with Gasteiger partial charge < -0.3 is 9.80 Å². The van der Waals surface area contributed by atoms with Crippen LogP contribution < -0.4 is 10.9 Å². The van der Waals surface area contributed by atoms with Gasteiger partial charge in [0.2, 0.25) is 5.91 Å². The van der Waals surface area contributed by atoms with Gasteiger partial charge in [0, 0.05) is 42.8 Å². The van der Waals surface area contributed by atoms with Gasteiger partial charge in [-0.05, 0) is 36.2 Å². The summed E-state index contributed by atoms with van der Waals surface area (Å²) in [7, 11) is 0. The summed E-state index contributed by atoms with van der Waals surface area (Å²) < 4.78 is 0. The highest BCUT2D eigenvalue weighted by molar-refractivity contribution is 6.30. The van der Waals surface area contributed by atoms with E-state index in [4.69, 9.17) is 11.6 Å². The van der Waals surface area contributed by atoms with Crippen LogP contribution >= 0.6 is 11.6 Å². The molecule has 4 rings (SSSR count). The van der Waals surface area contributed by atoms with E-state index in [0.29, 0.717) is 43.2 Å². The van der Waals surface area contributed by atoms with Crippen molar-refractivity contribution in [3.05, 3.63) is 70.7 Å². The standard InChI is InChI=1S/C21H23ClN4O2/c22-17-8-6-16(7-9-17)20(27)25-10-12-26(13-11-25)21(28)19-14-18(23-24-19)15-4-2-1-3-5-15/h1-9,18-19,23-24H,10-14H2. The first-order valence-corrected chi connectivity index (χ1v) is 9.89. The van der Waals surface area contributed by atoms with Gasteiger partial charge >= 0.3 is 0 Å². The van der Waals surface area contributed by atoms with Crippen LogP contribution in [0, 0.1) is 0 Å². The Balaban J connectivity index is 1.31. The van der Waals surface area contributed by atoms with Crippen LogP contribution in [0.2, 0.25) is 5.02 Å². The van der Waals surface area contributed by atoms with Crippen LogP contribution in [0.1, 0.15) is 28.4 Å². The highest BCUT2D eigenvalue weighted by Gasteiger charge is 2.34. The molecule has 2 saturated heterocycles. The number of amides is 2. The van der Waals surface area contributed by atoms with Crippen LogP contribution in [0.3, 0.4) is 0 Å². The molecule has 0 saturated carbocycles. The van der Waals surface area contributed by atoms with E-state index in [0.717, 1.165) is 0 Å². The molecule has 2 aliphatic heterocycles. The van der Waals surface area contributed by atoms with Crippen molar-refractivity contribution in [1.82, 2.24) is 20.7 Å². The molecule has 2 amide bonds. The van der Waals surface area contributed by atoms with Crippen LogP contribution in [0.4, 0.5) is 0 Å². The molecule has 0 radical (unpaired) electrons. The molecule has 0 aromatic heterocycles. The minimum Gasteiger partial charge on any atom is -0.338 e. The Bertz CT molecular complexity index is 835. The molecule has 2 fully saturated rings. The van der Waals surface area contributed by atoms with Gasteiger partial charge in [-0.2, -0.15) is 0 Å². The van der Waals surface area contributed by atoms with Gasteiger partial charge in [0.15, 0.2) is 0 Å². The molecule has 7 heteroatoms. The third-order valence-corrected chi connectivity index (χ3v) is 5.62. The van der Waals surface area contributed by atoms with Gasteiger partial charge in [-0.3, -0.25) is 9.59 Å². The van der Waals surface area contributed by atoms with Crippen LogP contribution in [0.15, 0.2) is 54.6 Å². The first-order valence-electron chi connectivity index (χ1n) is 9.51. The Hall–Kier alpha value is -2.41. The van der Waals surface area contributed by atoms with E-state index in [1.807, 2.05) is 23.1 Å². The minimum atomic E-state index is -0.247. The van der Waals surface area contributed by atoms with Crippen molar-refractivity contribution in [2.75, 3.05) is 26.2 Å². The van der Waals surface area contributed by atoms with E-state index in [2.05, 4.69) is 23.0 Å². The number of halogens is 1. The van der Waals surface area contributed by atoms with E-state index in [1.54, 1.807) is 29.2 Å². The minimum absolute atomic E-state index is 0.0198. The molecule has 2 aromatic rings. The SMILES string of the molecule is O=C(c1ccc(Cl)cc1)N1CCN(C(=O)C2CC(c3ccccc3)NN2)CC1. The van der Waals surface area contributed by atoms with E-state index in [-0.39, 0.29) is 23.9 Å². The molecule has 2 aromatic carbocycles. The average Bonchev–Trinajstić information content (AvgIpc) is 3.24. The number of benzene rings is 2. The van der Waals surface area contributed by atoms with Gasteiger partial charge in [0.25, 0.3) is 5.91 Å². The number of hydrazine groups is 1. The summed E-state index contributed by atoms with van der Waals surface area (Å²) in [6.45, 7) is 2.17. The van der Waals surface area contributed by atoms with Gasteiger partial charge in [-0.1, -0.05) is 41.9 Å². The fourth-order valence-corrected chi connectivity index (χ4v) is 3.87. The normalized spacial score (nSPS) is 22.3. The molecule has 0 bridgehead atoms. The molecule has 146 valence electrons. The third-order valence-electron chi connectivity index (χ3n) is 5.37. The Labute approximate surface area is 169 Å². The van der Waals surface area contributed by atoms with E-state index in [9.17, 15) is 9.59 Å². The molecular weight excluding hydrogens is 376 g/mol. The third kappa shape index (κ3) is 4.04. The molecule has 2 unspecified atom stereocenters. The van der Waals surface area contributed by atoms with Crippen LogP contribution in [-0.2, 0) is 4.79 Å². The van der Waals surface area contributed by atoms with Crippen molar-refractivity contribution in [3.8, 4) is 0 Å². The zero-order valence-corrected chi connectivity index (χ0v) is 16.2. The first kappa shape index (κ1) is 18.9. The maximum absolute atomic E-state index is 12.9. The number of nitrogens with one attached hydrogen (secondary N) is 2. The van der Waals surface area contributed by atoms with Crippen LogP contribution in [-0.4, -0.2) is 53.8 Å². The number of piperazine rings is 1. The second kappa shape index (κ2) is 8.31. The molecule has 2 heterocycles. The Kier molecular flexibility index (Phi) is 5.62. The molecule has 6 nitrogen and oxygen atoms in total. The largest absolute Gasteiger partial charge is 0.338 e. The summed E-state index contributed by atoms with van der Waals surface area (Å²) in [5, 5.41) is 0.610. The van der Waals surface area contributed by atoms with Crippen molar-refractivity contribution < 1.29 is 9.59 Å². The predicted octanol–water partition coefficient (Wildman–Crippen LogP) is 2.23. The number of carbonyl (C=O) groups is 2. The Morgan fingerprint density at radius 2 is 1.50 bits per heavy atom. The smallest absolute Gasteiger partial charge is 0.253 e. The topological polar surface area (TPSA) is 64.7 Å². The summed E-state index contributed by atoms with van der Waals surface area (Å²) in [4.78, 5) is 29.1. The molecule has 2 atom stereocenters. The molecule has 0 aliphatic carbocycles. The maximum atomic E-state index is 12.9. The van der Waals surface area contributed by atoms with Crippen LogP contribution in [0.5, 0.6) is 0 Å². The number of rotatable bonds is 3. The first-order chi connectivity index (χ1) is 13.6. The zero-order chi connectivity index (χ0) is 19.5. The summed E-state index contributed by atoms with van der Waals surface area (Å²) in [6, 6.07) is 16.9. The molecule has 28 heavy (non-hydrogen) atoms. The number of nitrogens with zero attached hydrogens (tertiary/aromatic N) is 2. The Morgan fingerprint density at radius 1 is 0.857 bits per heavy atom. The lowest BCUT2D eigenvalue weighted by Crippen LogP contribution is -2.54. The van der Waals surface area contributed by atoms with Crippen molar-refractivity contribution in [1.29, 1.82) is 0 Å². The quantitative estimate of drug-likeness (QED) is 0.832. The van der Waals surface area contributed by atoms with Gasteiger partial charge in [-0.15, -0.1) is 0 Å². The lowest BCUT2D eigenvalue weighted by Gasteiger charge is -2.36. The molecular formula is C21H23ClN4O2. The number of hydrogen-bond acceptors (Lipinski definition) is 4. The summed E-state index contributed by atoms with van der Waals surface area (Å²) >= 11 is 5.89. The Morgan fingerprint density at radius 3 is 2.18 bits per heavy atom. The molecule has 2 N–H and O–H groups in total. The summed E-state index contributed by atoms with van der Waals surface area (Å²) in [5.41, 5.74) is 8.15. The van der Waals surface area contributed by atoms with Crippen LogP contribution in [0.25, 0.3) is 0 Å². The van der Waals surface area contributed by atoms with E-state index in [1.165, 1.54) is 5.56 Å². The van der Waals surface area contributed by atoms with Crippen molar-refractivity contribution >= 4 is 23.4 Å². The second-order valence-corrected chi connectivity index (χ2v) is 7.60. The lowest BCUT2D eigenvalue weighted by molar-refractivity contribution is -0.134. The average molecular weight is 399 g/mol. The number of hydrogen-bond donors (Lipinski definition) is 2. The fraction of sp³-hybridized carbons (Fsp3) is 0.333. The van der Waals surface area contributed by atoms with E-state index >= 15 is 0 Å². The van der Waals surface area contributed by atoms with Gasteiger partial charge in [0.05, 0.1) is 0 Å². The lowest BCUT2D eigenvalue weighted by atomic mass is 10.0. The van der Waals surface area contributed by atoms with Crippen molar-refractivity contribution in [2.24, 2.45) is 0 Å². The van der Waals surface area contributed by atoms with E-state index < -0.39 is 0 Å². The highest BCUT2D eigenvalue weighted by Crippen LogP contribution is 2.23. The predicted molar refractivity (Wildman–Crippen MR) is 108 cm³/mol. The molecule has 2 aliphatic rings. The summed E-state index contributed by atoms with van der Waals surface area (Å²) in [5.74, 6) is 0.0677. The maximum Gasteiger partial charge on any atom is 0.253 e. The highest BCUT2D eigenvalue weighted by atomic mass is 35.5. The van der Waals surface area contributed by atoms with Crippen molar-refractivity contribution in [2.45, 2.75) is 18.5 Å². The van der Waals surface area contributed by atoms with Crippen molar-refractivity contribution in [3.63, 3.8) is 0 Å². The fourth-order valence-electron chi connectivity index (χ4n) is 3.75. The van der Waals surface area contributed by atoms with Gasteiger partial charge in [0.1, 0.15) is 6.04 Å². The monoisotopic (exact) mass is 398 g/mol. The van der Waals surface area contributed by atoms with Gasteiger partial charge in [-0.25, -0.2) is 10.9 Å². The summed E-state index contributed by atoms with van der Waals surface area (Å²) in [6.07, 6.45) is 0.715. The number of carbonyl (C=O) groups excluding carboxylic acids is 2.